The van der Waals surface area contributed by atoms with Gasteiger partial charge in [0.2, 0.25) is 0 Å². The van der Waals surface area contributed by atoms with Crippen LogP contribution in [0.5, 0.6) is 5.75 Å². The van der Waals surface area contributed by atoms with Gasteiger partial charge in [0, 0.05) is 11.4 Å². The lowest BCUT2D eigenvalue weighted by molar-refractivity contribution is 0.416. The summed E-state index contributed by atoms with van der Waals surface area (Å²) in [6.07, 6.45) is 1.86. The number of hydrogen-bond acceptors (Lipinski definition) is 4. The molecule has 5 heteroatoms. The molecule has 1 aromatic heterocycles. The molecule has 0 unspecified atom stereocenters. The van der Waals surface area contributed by atoms with Crippen LogP contribution in [-0.4, -0.2) is 27.6 Å². The van der Waals surface area contributed by atoms with E-state index in [1.807, 2.05) is 30.3 Å². The van der Waals surface area contributed by atoms with Gasteiger partial charge in [-0.3, -0.25) is 4.57 Å². The molecule has 3 aromatic rings. The normalized spacial score (nSPS) is 10.6. The molecule has 0 N–H and O–H groups in total. The first-order valence-electron chi connectivity index (χ1n) is 7.64. The number of thioether (sulfide) groups is 1. The lowest BCUT2D eigenvalue weighted by Crippen LogP contribution is -2.01. The Morgan fingerprint density at radius 2 is 1.88 bits per heavy atom. The number of methoxy groups -OCH3 is 1. The van der Waals surface area contributed by atoms with Crippen LogP contribution in [0.1, 0.15) is 5.56 Å². The number of hydrogen-bond donors (Lipinski definition) is 0. The topological polar surface area (TPSA) is 39.9 Å². The van der Waals surface area contributed by atoms with E-state index in [-0.39, 0.29) is 0 Å². The van der Waals surface area contributed by atoms with Crippen LogP contribution in [0, 0.1) is 6.92 Å². The SMILES string of the molecule is C=CCSc1nnc(-c2ccccc2OC)n1-c1ccc(C)cc1. The zero-order chi connectivity index (χ0) is 16.9. The van der Waals surface area contributed by atoms with E-state index in [4.69, 9.17) is 4.74 Å². The lowest BCUT2D eigenvalue weighted by Gasteiger charge is -2.12. The molecule has 1 heterocycles. The molecule has 0 amide bonds. The van der Waals surface area contributed by atoms with E-state index in [1.165, 1.54) is 5.56 Å². The third-order valence-electron chi connectivity index (χ3n) is 3.60. The molecular weight excluding hydrogens is 318 g/mol. The average Bonchev–Trinajstić information content (AvgIpc) is 3.04. The second-order valence-corrected chi connectivity index (χ2v) is 6.26. The van der Waals surface area contributed by atoms with Crippen molar-refractivity contribution in [2.24, 2.45) is 0 Å². The van der Waals surface area contributed by atoms with E-state index in [0.717, 1.165) is 33.7 Å². The minimum absolute atomic E-state index is 0.767. The Labute approximate surface area is 146 Å². The summed E-state index contributed by atoms with van der Waals surface area (Å²) in [6.45, 7) is 5.86. The molecule has 0 saturated carbocycles. The van der Waals surface area contributed by atoms with Gasteiger partial charge < -0.3 is 4.74 Å². The fraction of sp³-hybridized carbons (Fsp3) is 0.158. The molecule has 0 atom stereocenters. The van der Waals surface area contributed by atoms with Crippen LogP contribution >= 0.6 is 11.8 Å². The predicted molar refractivity (Wildman–Crippen MR) is 99.0 cm³/mol. The molecule has 0 aliphatic heterocycles. The second kappa shape index (κ2) is 7.36. The first kappa shape index (κ1) is 16.3. The van der Waals surface area contributed by atoms with Crippen molar-refractivity contribution in [3.05, 3.63) is 66.7 Å². The molecular formula is C19H19N3OS. The Morgan fingerprint density at radius 3 is 2.58 bits per heavy atom. The number of aryl methyl sites for hydroxylation is 1. The highest BCUT2D eigenvalue weighted by Crippen LogP contribution is 2.33. The standard InChI is InChI=1S/C19H19N3OS/c1-4-13-24-19-21-20-18(16-7-5-6-8-17(16)23-3)22(19)15-11-9-14(2)10-12-15/h4-12H,1,13H2,2-3H3. The van der Waals surface area contributed by atoms with Crippen molar-refractivity contribution < 1.29 is 4.74 Å². The third-order valence-corrected chi connectivity index (χ3v) is 4.53. The summed E-state index contributed by atoms with van der Waals surface area (Å²) >= 11 is 1.61. The molecule has 0 fully saturated rings. The maximum absolute atomic E-state index is 5.50. The van der Waals surface area contributed by atoms with Gasteiger partial charge in [-0.2, -0.15) is 0 Å². The highest BCUT2D eigenvalue weighted by molar-refractivity contribution is 7.99. The van der Waals surface area contributed by atoms with Crippen LogP contribution in [-0.2, 0) is 0 Å². The zero-order valence-corrected chi connectivity index (χ0v) is 14.6. The van der Waals surface area contributed by atoms with Crippen LogP contribution in [0.2, 0.25) is 0 Å². The first-order chi connectivity index (χ1) is 11.7. The van der Waals surface area contributed by atoms with Crippen molar-refractivity contribution in [3.63, 3.8) is 0 Å². The number of para-hydroxylation sites is 1. The van der Waals surface area contributed by atoms with Crippen molar-refractivity contribution in [1.82, 2.24) is 14.8 Å². The molecule has 2 aromatic carbocycles. The fourth-order valence-corrected chi connectivity index (χ4v) is 3.11. The summed E-state index contributed by atoms with van der Waals surface area (Å²) in [5.41, 5.74) is 3.16. The maximum atomic E-state index is 5.50. The van der Waals surface area contributed by atoms with Crippen LogP contribution in [0.4, 0.5) is 0 Å². The van der Waals surface area contributed by atoms with E-state index >= 15 is 0 Å². The number of ether oxygens (including phenoxy) is 1. The minimum atomic E-state index is 0.767. The van der Waals surface area contributed by atoms with Gasteiger partial charge in [-0.25, -0.2) is 0 Å². The van der Waals surface area contributed by atoms with Gasteiger partial charge in [-0.05, 0) is 31.2 Å². The van der Waals surface area contributed by atoms with Crippen molar-refractivity contribution >= 4 is 11.8 Å². The predicted octanol–water partition coefficient (Wildman–Crippen LogP) is 4.53. The van der Waals surface area contributed by atoms with Gasteiger partial charge in [-0.1, -0.05) is 47.7 Å². The Bertz CT molecular complexity index is 840. The number of aromatic nitrogens is 3. The van der Waals surface area contributed by atoms with E-state index in [0.29, 0.717) is 0 Å². The first-order valence-corrected chi connectivity index (χ1v) is 8.62. The largest absolute Gasteiger partial charge is 0.496 e. The molecule has 24 heavy (non-hydrogen) atoms. The smallest absolute Gasteiger partial charge is 0.196 e. The van der Waals surface area contributed by atoms with E-state index in [2.05, 4.69) is 52.5 Å². The Balaban J connectivity index is 2.17. The highest BCUT2D eigenvalue weighted by atomic mass is 32.2. The molecule has 4 nitrogen and oxygen atoms in total. The van der Waals surface area contributed by atoms with Crippen LogP contribution in [0.15, 0.2) is 66.3 Å². The number of nitrogens with zero attached hydrogens (tertiary/aromatic N) is 3. The molecule has 0 bridgehead atoms. The summed E-state index contributed by atoms with van der Waals surface area (Å²) < 4.78 is 7.56. The average molecular weight is 337 g/mol. The monoisotopic (exact) mass is 337 g/mol. The Hall–Kier alpha value is -2.53. The summed E-state index contributed by atoms with van der Waals surface area (Å²) in [5, 5.41) is 9.63. The second-order valence-electron chi connectivity index (χ2n) is 5.28. The number of rotatable bonds is 6. The van der Waals surface area contributed by atoms with Crippen molar-refractivity contribution in [2.75, 3.05) is 12.9 Å². The van der Waals surface area contributed by atoms with Crippen molar-refractivity contribution in [3.8, 4) is 22.8 Å². The molecule has 0 aliphatic carbocycles. The zero-order valence-electron chi connectivity index (χ0n) is 13.8. The van der Waals surface area contributed by atoms with Gasteiger partial charge in [0.1, 0.15) is 5.75 Å². The highest BCUT2D eigenvalue weighted by Gasteiger charge is 2.18. The summed E-state index contributed by atoms with van der Waals surface area (Å²) in [7, 11) is 1.67. The van der Waals surface area contributed by atoms with Crippen LogP contribution in [0.25, 0.3) is 17.1 Å². The molecule has 0 aliphatic rings. The lowest BCUT2D eigenvalue weighted by atomic mass is 10.1. The van der Waals surface area contributed by atoms with E-state index in [1.54, 1.807) is 18.9 Å². The van der Waals surface area contributed by atoms with Gasteiger partial charge in [0.15, 0.2) is 11.0 Å². The van der Waals surface area contributed by atoms with Crippen molar-refractivity contribution in [1.29, 1.82) is 0 Å². The maximum Gasteiger partial charge on any atom is 0.196 e. The molecule has 0 radical (unpaired) electrons. The molecule has 0 saturated heterocycles. The van der Waals surface area contributed by atoms with Crippen LogP contribution in [0.3, 0.4) is 0 Å². The molecule has 122 valence electrons. The Kier molecular flexibility index (Phi) is 5.01. The summed E-state index contributed by atoms with van der Waals surface area (Å²) in [5.74, 6) is 2.32. The van der Waals surface area contributed by atoms with Gasteiger partial charge in [0.25, 0.3) is 0 Å². The number of benzene rings is 2. The van der Waals surface area contributed by atoms with E-state index < -0.39 is 0 Å². The fourth-order valence-electron chi connectivity index (χ4n) is 2.43. The molecule has 0 spiro atoms. The van der Waals surface area contributed by atoms with Gasteiger partial charge in [0.05, 0.1) is 12.7 Å². The quantitative estimate of drug-likeness (QED) is 0.489. The van der Waals surface area contributed by atoms with Crippen molar-refractivity contribution in [2.45, 2.75) is 12.1 Å². The summed E-state index contributed by atoms with van der Waals surface area (Å²) in [4.78, 5) is 0. The summed E-state index contributed by atoms with van der Waals surface area (Å²) in [6, 6.07) is 16.2. The van der Waals surface area contributed by atoms with Gasteiger partial charge in [-0.15, -0.1) is 16.8 Å². The van der Waals surface area contributed by atoms with Crippen LogP contribution < -0.4 is 4.74 Å². The van der Waals surface area contributed by atoms with E-state index in [9.17, 15) is 0 Å². The Morgan fingerprint density at radius 1 is 1.12 bits per heavy atom. The van der Waals surface area contributed by atoms with Gasteiger partial charge >= 0.3 is 0 Å². The minimum Gasteiger partial charge on any atom is -0.496 e. The molecule has 3 rings (SSSR count). The third kappa shape index (κ3) is 3.21.